The molecule has 0 spiro atoms. The minimum atomic E-state index is -3.92. The number of carbonyl (C=O) groups is 1. The largest absolute Gasteiger partial charge is 0.492 e. The molecule has 1 fully saturated rings. The molecule has 1 aromatic carbocycles. The Morgan fingerprint density at radius 3 is 2.58 bits per heavy atom. The highest BCUT2D eigenvalue weighted by atomic mass is 32.2. The van der Waals surface area contributed by atoms with E-state index in [1.54, 1.807) is 0 Å². The first-order valence-electron chi connectivity index (χ1n) is 5.91. The fourth-order valence-corrected chi connectivity index (χ4v) is 2.39. The molecular weight excluding hydrogens is 270 g/mol. The van der Waals surface area contributed by atoms with Crippen molar-refractivity contribution >= 4 is 16.0 Å². The lowest BCUT2D eigenvalue weighted by Crippen LogP contribution is -2.20. The van der Waals surface area contributed by atoms with Crippen molar-refractivity contribution in [3.8, 4) is 5.75 Å². The average molecular weight is 285 g/mol. The summed E-state index contributed by atoms with van der Waals surface area (Å²) in [7, 11) is -3.92. The van der Waals surface area contributed by atoms with Gasteiger partial charge in [0.2, 0.25) is 10.0 Å². The van der Waals surface area contributed by atoms with Gasteiger partial charge in [-0.1, -0.05) is 6.42 Å². The van der Waals surface area contributed by atoms with E-state index in [-0.39, 0.29) is 16.2 Å². The van der Waals surface area contributed by atoms with Gasteiger partial charge in [-0.2, -0.15) is 0 Å². The van der Waals surface area contributed by atoms with Crippen molar-refractivity contribution in [2.45, 2.75) is 24.2 Å². The van der Waals surface area contributed by atoms with Gasteiger partial charge >= 0.3 is 5.97 Å². The van der Waals surface area contributed by atoms with Gasteiger partial charge in [0.05, 0.1) is 11.5 Å². The lowest BCUT2D eigenvalue weighted by atomic mass is 9.86. The van der Waals surface area contributed by atoms with E-state index < -0.39 is 16.0 Å². The first-order valence-corrected chi connectivity index (χ1v) is 7.45. The van der Waals surface area contributed by atoms with Gasteiger partial charge in [-0.15, -0.1) is 0 Å². The summed E-state index contributed by atoms with van der Waals surface area (Å²) in [6.45, 7) is 0.453. The van der Waals surface area contributed by atoms with Crippen LogP contribution in [-0.4, -0.2) is 26.1 Å². The molecule has 0 aliphatic heterocycles. The van der Waals surface area contributed by atoms with Gasteiger partial charge in [0.15, 0.2) is 0 Å². The second-order valence-electron chi connectivity index (χ2n) is 4.62. The molecule has 1 saturated carbocycles. The molecular formula is C12H15NO5S. The van der Waals surface area contributed by atoms with Gasteiger partial charge < -0.3 is 9.84 Å². The Morgan fingerprint density at radius 1 is 1.42 bits per heavy atom. The van der Waals surface area contributed by atoms with Crippen LogP contribution in [0.5, 0.6) is 5.75 Å². The number of aromatic carboxylic acids is 1. The smallest absolute Gasteiger partial charge is 0.339 e. The second kappa shape index (κ2) is 5.18. The average Bonchev–Trinajstić information content (AvgIpc) is 2.25. The summed E-state index contributed by atoms with van der Waals surface area (Å²) < 4.78 is 27.8. The van der Waals surface area contributed by atoms with Crippen LogP contribution in [0.3, 0.4) is 0 Å². The zero-order valence-electron chi connectivity index (χ0n) is 10.2. The van der Waals surface area contributed by atoms with Crippen LogP contribution in [0.2, 0.25) is 0 Å². The monoisotopic (exact) mass is 285 g/mol. The molecule has 6 nitrogen and oxygen atoms in total. The van der Waals surface area contributed by atoms with E-state index in [9.17, 15) is 13.2 Å². The minimum Gasteiger partial charge on any atom is -0.492 e. The van der Waals surface area contributed by atoms with Crippen molar-refractivity contribution in [3.05, 3.63) is 23.8 Å². The number of benzene rings is 1. The topological polar surface area (TPSA) is 107 Å². The number of carboxylic acids is 1. The third-order valence-corrected chi connectivity index (χ3v) is 4.12. The Labute approximate surface area is 111 Å². The molecule has 1 aromatic rings. The lowest BCUT2D eigenvalue weighted by molar-refractivity contribution is 0.0689. The molecule has 1 aliphatic rings. The van der Waals surface area contributed by atoms with Gasteiger partial charge in [0.25, 0.3) is 0 Å². The first-order chi connectivity index (χ1) is 8.88. The third-order valence-electron chi connectivity index (χ3n) is 3.21. The summed E-state index contributed by atoms with van der Waals surface area (Å²) >= 11 is 0. The summed E-state index contributed by atoms with van der Waals surface area (Å²) in [5.41, 5.74) is -0.189. The highest BCUT2D eigenvalue weighted by molar-refractivity contribution is 7.89. The van der Waals surface area contributed by atoms with E-state index in [4.69, 9.17) is 15.0 Å². The molecule has 1 aliphatic carbocycles. The fraction of sp³-hybridized carbons (Fsp3) is 0.417. The van der Waals surface area contributed by atoms with Crippen molar-refractivity contribution in [3.63, 3.8) is 0 Å². The Bertz CT molecular complexity index is 592. The number of ether oxygens (including phenoxy) is 1. The summed E-state index contributed by atoms with van der Waals surface area (Å²) in [5, 5.41) is 14.0. The van der Waals surface area contributed by atoms with Gasteiger partial charge in [-0.3, -0.25) is 0 Å². The molecule has 19 heavy (non-hydrogen) atoms. The number of sulfonamides is 1. The van der Waals surface area contributed by atoms with Gasteiger partial charge in [-0.05, 0) is 37.0 Å². The first kappa shape index (κ1) is 13.8. The van der Waals surface area contributed by atoms with Gasteiger partial charge in [-0.25, -0.2) is 18.4 Å². The maximum atomic E-state index is 11.2. The number of hydrogen-bond acceptors (Lipinski definition) is 4. The highest BCUT2D eigenvalue weighted by Crippen LogP contribution is 2.29. The summed E-state index contributed by atoms with van der Waals surface area (Å²) in [6.07, 6.45) is 3.33. The van der Waals surface area contributed by atoms with Crippen LogP contribution in [0, 0.1) is 5.92 Å². The van der Waals surface area contributed by atoms with Crippen LogP contribution >= 0.6 is 0 Å². The molecule has 0 saturated heterocycles. The van der Waals surface area contributed by atoms with Crippen LogP contribution in [0.25, 0.3) is 0 Å². The van der Waals surface area contributed by atoms with E-state index in [0.29, 0.717) is 12.5 Å². The quantitative estimate of drug-likeness (QED) is 0.845. The van der Waals surface area contributed by atoms with Crippen molar-refractivity contribution in [1.82, 2.24) is 0 Å². The standard InChI is InChI=1S/C12H15NO5S/c13-19(16,17)9-4-5-11(10(6-9)12(14)15)18-7-8-2-1-3-8/h4-6,8H,1-3,7H2,(H,14,15)(H2,13,16,17). The lowest BCUT2D eigenvalue weighted by Gasteiger charge is -2.25. The maximum absolute atomic E-state index is 11.2. The number of hydrogen-bond donors (Lipinski definition) is 2. The van der Waals surface area contributed by atoms with E-state index in [0.717, 1.165) is 18.9 Å². The van der Waals surface area contributed by atoms with E-state index >= 15 is 0 Å². The zero-order valence-corrected chi connectivity index (χ0v) is 11.0. The van der Waals surface area contributed by atoms with Gasteiger partial charge in [0, 0.05) is 0 Å². The normalized spacial score (nSPS) is 15.8. The molecule has 0 unspecified atom stereocenters. The fourth-order valence-electron chi connectivity index (χ4n) is 1.85. The molecule has 7 heteroatoms. The number of rotatable bonds is 5. The van der Waals surface area contributed by atoms with Crippen LogP contribution in [0.15, 0.2) is 23.1 Å². The molecule has 0 amide bonds. The summed E-state index contributed by atoms with van der Waals surface area (Å²) in [5.74, 6) is -0.611. The molecule has 0 bridgehead atoms. The molecule has 2 rings (SSSR count). The van der Waals surface area contributed by atoms with Crippen LogP contribution in [0.4, 0.5) is 0 Å². The number of carboxylic acid groups (broad SMARTS) is 1. The number of primary sulfonamides is 1. The Morgan fingerprint density at radius 2 is 2.11 bits per heavy atom. The van der Waals surface area contributed by atoms with Crippen LogP contribution in [0.1, 0.15) is 29.6 Å². The SMILES string of the molecule is NS(=O)(=O)c1ccc(OCC2CCC2)c(C(=O)O)c1. The maximum Gasteiger partial charge on any atom is 0.339 e. The third kappa shape index (κ3) is 3.24. The van der Waals surface area contributed by atoms with Crippen LogP contribution < -0.4 is 9.88 Å². The number of nitrogens with two attached hydrogens (primary N) is 1. The molecule has 0 aromatic heterocycles. The van der Waals surface area contributed by atoms with Crippen molar-refractivity contribution < 1.29 is 23.1 Å². The molecule has 0 heterocycles. The summed E-state index contributed by atoms with van der Waals surface area (Å²) in [6, 6.07) is 3.60. The Balaban J connectivity index is 2.24. The van der Waals surface area contributed by atoms with Crippen molar-refractivity contribution in [2.24, 2.45) is 11.1 Å². The predicted octanol–water partition coefficient (Wildman–Crippen LogP) is 1.21. The predicted molar refractivity (Wildman–Crippen MR) is 67.6 cm³/mol. The van der Waals surface area contributed by atoms with E-state index in [1.807, 2.05) is 0 Å². The zero-order chi connectivity index (χ0) is 14.0. The van der Waals surface area contributed by atoms with Crippen molar-refractivity contribution in [2.75, 3.05) is 6.61 Å². The molecule has 0 radical (unpaired) electrons. The Hall–Kier alpha value is -1.60. The van der Waals surface area contributed by atoms with Crippen molar-refractivity contribution in [1.29, 1.82) is 0 Å². The molecule has 0 atom stereocenters. The second-order valence-corrected chi connectivity index (χ2v) is 6.18. The summed E-state index contributed by atoms with van der Waals surface area (Å²) in [4.78, 5) is 10.9. The van der Waals surface area contributed by atoms with Crippen LogP contribution in [-0.2, 0) is 10.0 Å². The van der Waals surface area contributed by atoms with E-state index in [2.05, 4.69) is 0 Å². The van der Waals surface area contributed by atoms with E-state index in [1.165, 1.54) is 18.6 Å². The van der Waals surface area contributed by atoms with Gasteiger partial charge in [0.1, 0.15) is 11.3 Å². The Kier molecular flexibility index (Phi) is 3.77. The highest BCUT2D eigenvalue weighted by Gasteiger charge is 2.21. The molecule has 104 valence electrons. The minimum absolute atomic E-state index is 0.173. The molecule has 3 N–H and O–H groups in total.